The summed E-state index contributed by atoms with van der Waals surface area (Å²) in [6.45, 7) is 7.22. The van der Waals surface area contributed by atoms with Gasteiger partial charge in [-0.05, 0) is 19.9 Å². The lowest BCUT2D eigenvalue weighted by atomic mass is 10.2. The van der Waals surface area contributed by atoms with Crippen molar-refractivity contribution < 1.29 is 9.53 Å². The molecule has 1 saturated heterocycles. The first kappa shape index (κ1) is 16.7. The summed E-state index contributed by atoms with van der Waals surface area (Å²) >= 11 is 0. The molecular formula is C16H24N6O2. The van der Waals surface area contributed by atoms with Crippen LogP contribution in [0.2, 0.25) is 0 Å². The highest BCUT2D eigenvalue weighted by atomic mass is 16.5. The first-order chi connectivity index (χ1) is 11.6. The highest BCUT2D eigenvalue weighted by Gasteiger charge is 2.23. The van der Waals surface area contributed by atoms with E-state index >= 15 is 0 Å². The van der Waals surface area contributed by atoms with Crippen LogP contribution in [0.15, 0.2) is 30.7 Å². The summed E-state index contributed by atoms with van der Waals surface area (Å²) in [6.07, 6.45) is 5.42. The molecule has 3 heterocycles. The van der Waals surface area contributed by atoms with Gasteiger partial charge in [-0.15, -0.1) is 0 Å². The van der Waals surface area contributed by atoms with Crippen LogP contribution in [0.5, 0.6) is 0 Å². The van der Waals surface area contributed by atoms with Gasteiger partial charge in [-0.2, -0.15) is 10.2 Å². The zero-order valence-corrected chi connectivity index (χ0v) is 14.1. The molecule has 1 aliphatic rings. The fourth-order valence-electron chi connectivity index (χ4n) is 2.86. The maximum absolute atomic E-state index is 12.3. The molecule has 24 heavy (non-hydrogen) atoms. The number of anilines is 1. The third-order valence-corrected chi connectivity index (χ3v) is 3.97. The average Bonchev–Trinajstić information content (AvgIpc) is 3.19. The number of hydrogen-bond donors (Lipinski definition) is 1. The smallest absolute Gasteiger partial charge is 0.239 e. The summed E-state index contributed by atoms with van der Waals surface area (Å²) in [5.41, 5.74) is 0. The number of morpholine rings is 1. The van der Waals surface area contributed by atoms with E-state index in [1.165, 1.54) is 0 Å². The van der Waals surface area contributed by atoms with E-state index in [0.717, 1.165) is 18.9 Å². The van der Waals surface area contributed by atoms with Crippen molar-refractivity contribution in [1.29, 1.82) is 0 Å². The molecule has 1 fully saturated rings. The Balaban J connectivity index is 1.51. The van der Waals surface area contributed by atoms with Crippen molar-refractivity contribution >= 4 is 11.7 Å². The van der Waals surface area contributed by atoms with E-state index in [1.807, 2.05) is 36.9 Å². The predicted molar refractivity (Wildman–Crippen MR) is 89.6 cm³/mol. The topological polar surface area (TPSA) is 77.2 Å². The Bertz CT molecular complexity index is 651. The molecule has 0 bridgehead atoms. The van der Waals surface area contributed by atoms with Crippen LogP contribution in [0, 0.1) is 0 Å². The maximum atomic E-state index is 12.3. The van der Waals surface area contributed by atoms with Gasteiger partial charge in [0.25, 0.3) is 0 Å². The van der Waals surface area contributed by atoms with Crippen molar-refractivity contribution in [3.63, 3.8) is 0 Å². The number of rotatable bonds is 6. The third-order valence-electron chi connectivity index (χ3n) is 3.97. The van der Waals surface area contributed by atoms with Gasteiger partial charge >= 0.3 is 0 Å². The highest BCUT2D eigenvalue weighted by Crippen LogP contribution is 2.13. The summed E-state index contributed by atoms with van der Waals surface area (Å²) < 4.78 is 9.43. The second-order valence-electron chi connectivity index (χ2n) is 6.26. The molecule has 8 nitrogen and oxygen atoms in total. The van der Waals surface area contributed by atoms with Crippen LogP contribution in [-0.4, -0.2) is 62.7 Å². The van der Waals surface area contributed by atoms with Gasteiger partial charge in [-0.25, -0.2) is 4.68 Å². The second-order valence-corrected chi connectivity index (χ2v) is 6.26. The lowest BCUT2D eigenvalue weighted by molar-refractivity contribution is -0.119. The van der Waals surface area contributed by atoms with E-state index in [-0.39, 0.29) is 18.1 Å². The second kappa shape index (κ2) is 7.59. The number of aromatic nitrogens is 4. The molecule has 2 aromatic rings. The minimum absolute atomic E-state index is 0.0304. The fraction of sp³-hybridized carbons (Fsp3) is 0.562. The quantitative estimate of drug-likeness (QED) is 0.854. The van der Waals surface area contributed by atoms with E-state index in [0.29, 0.717) is 19.7 Å². The Morgan fingerprint density at radius 3 is 3.04 bits per heavy atom. The maximum Gasteiger partial charge on any atom is 0.239 e. The molecule has 8 heteroatoms. The highest BCUT2D eigenvalue weighted by molar-refractivity contribution is 5.91. The van der Waals surface area contributed by atoms with Crippen LogP contribution in [0.3, 0.4) is 0 Å². The molecular weight excluding hydrogens is 308 g/mol. The Morgan fingerprint density at radius 2 is 2.29 bits per heavy atom. The number of nitrogens with zero attached hydrogens (tertiary/aromatic N) is 5. The van der Waals surface area contributed by atoms with Crippen LogP contribution in [0.4, 0.5) is 5.82 Å². The van der Waals surface area contributed by atoms with E-state index in [9.17, 15) is 4.79 Å². The lowest BCUT2D eigenvalue weighted by Gasteiger charge is -2.32. The van der Waals surface area contributed by atoms with E-state index in [4.69, 9.17) is 4.74 Å². The molecule has 130 valence electrons. The lowest BCUT2D eigenvalue weighted by Crippen LogP contribution is -2.47. The molecule has 1 N–H and O–H groups in total. The SMILES string of the molecule is CC(C)n1nccc1NC(=O)CN1CCO[C@H](Cn2cccn2)C1. The number of ether oxygens (including phenoxy) is 1. The Hall–Kier alpha value is -2.19. The van der Waals surface area contributed by atoms with E-state index < -0.39 is 0 Å². The fourth-order valence-corrected chi connectivity index (χ4v) is 2.86. The molecule has 1 atom stereocenters. The molecule has 0 aromatic carbocycles. The summed E-state index contributed by atoms with van der Waals surface area (Å²) in [5, 5.41) is 11.4. The van der Waals surface area contributed by atoms with Crippen molar-refractivity contribution in [1.82, 2.24) is 24.5 Å². The summed E-state index contributed by atoms with van der Waals surface area (Å²) in [7, 11) is 0. The average molecular weight is 332 g/mol. The molecule has 0 aliphatic carbocycles. The van der Waals surface area contributed by atoms with Crippen molar-refractivity contribution in [3.05, 3.63) is 30.7 Å². The standard InChI is InChI=1S/C16H24N6O2/c1-13(2)22-15(4-6-18-22)19-16(23)12-20-8-9-24-14(10-20)11-21-7-3-5-17-21/h3-7,13-14H,8-12H2,1-2H3,(H,19,23)/t14-/m0/s1. The van der Waals surface area contributed by atoms with Crippen molar-refractivity contribution in [2.45, 2.75) is 32.5 Å². The third kappa shape index (κ3) is 4.21. The molecule has 0 spiro atoms. The molecule has 0 unspecified atom stereocenters. The predicted octanol–water partition coefficient (Wildman–Crippen LogP) is 1.000. The van der Waals surface area contributed by atoms with E-state index in [1.54, 1.807) is 17.1 Å². The van der Waals surface area contributed by atoms with Crippen molar-refractivity contribution in [3.8, 4) is 0 Å². The minimum Gasteiger partial charge on any atom is -0.374 e. The van der Waals surface area contributed by atoms with Crippen molar-refractivity contribution in [2.24, 2.45) is 0 Å². The van der Waals surface area contributed by atoms with E-state index in [2.05, 4.69) is 20.4 Å². The van der Waals surface area contributed by atoms with Gasteiger partial charge in [0, 0.05) is 37.6 Å². The molecule has 1 aliphatic heterocycles. The number of amides is 1. The van der Waals surface area contributed by atoms with Gasteiger partial charge < -0.3 is 10.1 Å². The van der Waals surface area contributed by atoms with Gasteiger partial charge in [0.1, 0.15) is 5.82 Å². The zero-order chi connectivity index (χ0) is 16.9. The van der Waals surface area contributed by atoms with Crippen molar-refractivity contribution in [2.75, 3.05) is 31.6 Å². The molecule has 0 saturated carbocycles. The Labute approximate surface area is 141 Å². The van der Waals surface area contributed by atoms with Gasteiger partial charge in [-0.3, -0.25) is 14.4 Å². The molecule has 1 amide bonds. The first-order valence-electron chi connectivity index (χ1n) is 8.26. The number of carbonyl (C=O) groups excluding carboxylic acids is 1. The zero-order valence-electron chi connectivity index (χ0n) is 14.1. The Morgan fingerprint density at radius 1 is 1.42 bits per heavy atom. The van der Waals surface area contributed by atoms with Crippen LogP contribution < -0.4 is 5.32 Å². The molecule has 2 aromatic heterocycles. The largest absolute Gasteiger partial charge is 0.374 e. The van der Waals surface area contributed by atoms with Crippen LogP contribution in [-0.2, 0) is 16.1 Å². The molecule has 0 radical (unpaired) electrons. The van der Waals surface area contributed by atoms with Crippen LogP contribution >= 0.6 is 0 Å². The summed E-state index contributed by atoms with van der Waals surface area (Å²) in [6, 6.07) is 3.92. The number of hydrogen-bond acceptors (Lipinski definition) is 5. The van der Waals surface area contributed by atoms with Gasteiger partial charge in [-0.1, -0.05) is 0 Å². The minimum atomic E-state index is -0.0304. The normalized spacial score (nSPS) is 18.9. The van der Waals surface area contributed by atoms with Crippen LogP contribution in [0.1, 0.15) is 19.9 Å². The summed E-state index contributed by atoms with van der Waals surface area (Å²) in [5.74, 6) is 0.702. The first-order valence-corrected chi connectivity index (χ1v) is 8.26. The van der Waals surface area contributed by atoms with Gasteiger partial charge in [0.15, 0.2) is 0 Å². The Kier molecular flexibility index (Phi) is 5.27. The molecule has 3 rings (SSSR count). The summed E-state index contributed by atoms with van der Waals surface area (Å²) in [4.78, 5) is 14.4. The van der Waals surface area contributed by atoms with Crippen LogP contribution in [0.25, 0.3) is 0 Å². The number of carbonyl (C=O) groups is 1. The number of nitrogens with one attached hydrogen (secondary N) is 1. The monoisotopic (exact) mass is 332 g/mol. The van der Waals surface area contributed by atoms with Gasteiger partial charge in [0.05, 0.1) is 32.0 Å². The van der Waals surface area contributed by atoms with Gasteiger partial charge in [0.2, 0.25) is 5.91 Å².